The van der Waals surface area contributed by atoms with E-state index in [1.807, 2.05) is 0 Å². The molecule has 1 atom stereocenters. The standard InChI is InChI=1S/C32H42F3N5O9S/c1-30(2,3)47-27(41)36-26(39-19-37(7)28(42)38(8)20-39)40(29(43)48-31(4,5)6)18-21-10-12-22(13-11-21)25(49-50(44,45)32(33,34)35)23-14-16-24(46-9)17-15-23/h10-17,25H,18-20H2,1-9H3/t25-/m0/s1. The zero-order valence-electron chi connectivity index (χ0n) is 29.3. The molecule has 2 aromatic carbocycles. The van der Waals surface area contributed by atoms with Gasteiger partial charge in [0.1, 0.15) is 23.1 Å². The lowest BCUT2D eigenvalue weighted by molar-refractivity contribution is -0.0562. The molecular formula is C32H42F3N5O9S. The van der Waals surface area contributed by atoms with Crippen LogP contribution in [0.15, 0.2) is 53.5 Å². The van der Waals surface area contributed by atoms with E-state index in [2.05, 4.69) is 4.99 Å². The molecule has 50 heavy (non-hydrogen) atoms. The summed E-state index contributed by atoms with van der Waals surface area (Å²) < 4.78 is 85.1. The number of rotatable bonds is 7. The fourth-order valence-corrected chi connectivity index (χ4v) is 5.13. The summed E-state index contributed by atoms with van der Waals surface area (Å²) in [5, 5.41) is 0. The number of hydrogen-bond donors (Lipinski definition) is 0. The van der Waals surface area contributed by atoms with Crippen molar-refractivity contribution in [2.75, 3.05) is 34.5 Å². The summed E-state index contributed by atoms with van der Waals surface area (Å²) in [6, 6.07) is 10.9. The predicted octanol–water partition coefficient (Wildman–Crippen LogP) is 5.89. The first-order valence-electron chi connectivity index (χ1n) is 15.2. The highest BCUT2D eigenvalue weighted by atomic mass is 32.2. The van der Waals surface area contributed by atoms with Gasteiger partial charge in [0.2, 0.25) is 5.96 Å². The van der Waals surface area contributed by atoms with Gasteiger partial charge in [-0.3, -0.25) is 4.18 Å². The van der Waals surface area contributed by atoms with E-state index in [0.29, 0.717) is 11.3 Å². The highest BCUT2D eigenvalue weighted by molar-refractivity contribution is 7.87. The summed E-state index contributed by atoms with van der Waals surface area (Å²) >= 11 is 0. The van der Waals surface area contributed by atoms with E-state index in [9.17, 15) is 36.0 Å². The van der Waals surface area contributed by atoms with E-state index in [-0.39, 0.29) is 43.0 Å². The lowest BCUT2D eigenvalue weighted by Gasteiger charge is -2.42. The van der Waals surface area contributed by atoms with Gasteiger partial charge in [-0.25, -0.2) is 19.3 Å². The smallest absolute Gasteiger partial charge is 0.497 e. The third kappa shape index (κ3) is 10.7. The largest absolute Gasteiger partial charge is 0.523 e. The van der Waals surface area contributed by atoms with Gasteiger partial charge in [0, 0.05) is 14.1 Å². The fourth-order valence-electron chi connectivity index (χ4n) is 4.54. The second kappa shape index (κ2) is 15.1. The Morgan fingerprint density at radius 1 is 0.860 bits per heavy atom. The van der Waals surface area contributed by atoms with Crippen molar-refractivity contribution in [3.05, 3.63) is 65.2 Å². The Kier molecular flexibility index (Phi) is 12.1. The zero-order valence-corrected chi connectivity index (χ0v) is 30.1. The molecule has 18 heteroatoms. The first kappa shape index (κ1) is 39.9. The number of nitrogens with zero attached hydrogens (tertiary/aromatic N) is 5. The van der Waals surface area contributed by atoms with Crippen molar-refractivity contribution >= 4 is 34.3 Å². The first-order valence-corrected chi connectivity index (χ1v) is 16.6. The molecule has 0 N–H and O–H groups in total. The van der Waals surface area contributed by atoms with Crippen LogP contribution in [0.2, 0.25) is 0 Å². The Labute approximate surface area is 289 Å². The van der Waals surface area contributed by atoms with E-state index in [1.54, 1.807) is 41.5 Å². The Hall–Kier alpha value is -4.58. The van der Waals surface area contributed by atoms with Gasteiger partial charge < -0.3 is 28.9 Å². The monoisotopic (exact) mass is 729 g/mol. The van der Waals surface area contributed by atoms with Crippen LogP contribution in [0.25, 0.3) is 0 Å². The van der Waals surface area contributed by atoms with Crippen LogP contribution >= 0.6 is 0 Å². The maximum absolute atomic E-state index is 13.8. The molecule has 0 saturated carbocycles. The van der Waals surface area contributed by atoms with E-state index in [1.165, 1.54) is 84.4 Å². The van der Waals surface area contributed by atoms with Crippen molar-refractivity contribution in [1.29, 1.82) is 0 Å². The molecule has 3 rings (SSSR count). The van der Waals surface area contributed by atoms with Crippen LogP contribution in [0, 0.1) is 0 Å². The van der Waals surface area contributed by atoms with Crippen LogP contribution in [-0.4, -0.2) is 103 Å². The molecule has 2 aromatic rings. The van der Waals surface area contributed by atoms with Crippen LogP contribution in [0.3, 0.4) is 0 Å². The highest BCUT2D eigenvalue weighted by Crippen LogP contribution is 2.35. The van der Waals surface area contributed by atoms with Crippen LogP contribution in [-0.2, 0) is 30.3 Å². The second-order valence-electron chi connectivity index (χ2n) is 13.4. The molecule has 1 heterocycles. The number of hydrogen-bond acceptors (Lipinski definition) is 9. The molecule has 0 bridgehead atoms. The number of ether oxygens (including phenoxy) is 3. The van der Waals surface area contributed by atoms with Crippen molar-refractivity contribution in [3.63, 3.8) is 0 Å². The fraction of sp³-hybridized carbons (Fsp3) is 0.500. The topological polar surface area (TPSA) is 148 Å². The van der Waals surface area contributed by atoms with Crippen molar-refractivity contribution in [1.82, 2.24) is 19.6 Å². The molecule has 0 aromatic heterocycles. The van der Waals surface area contributed by atoms with Gasteiger partial charge in [0.15, 0.2) is 0 Å². The summed E-state index contributed by atoms with van der Waals surface area (Å²) in [5.41, 5.74) is -7.12. The normalized spacial score (nSPS) is 15.5. The Morgan fingerprint density at radius 3 is 1.78 bits per heavy atom. The van der Waals surface area contributed by atoms with Gasteiger partial charge in [-0.1, -0.05) is 36.4 Å². The van der Waals surface area contributed by atoms with Gasteiger partial charge in [0.05, 0.1) is 27.0 Å². The first-order chi connectivity index (χ1) is 22.9. The summed E-state index contributed by atoms with van der Waals surface area (Å²) in [5.74, 6) is 0.169. The minimum absolute atomic E-state index is 0.0380. The molecule has 1 saturated heterocycles. The van der Waals surface area contributed by atoms with E-state index < -0.39 is 45.1 Å². The number of methoxy groups -OCH3 is 1. The summed E-state index contributed by atoms with van der Waals surface area (Å²) in [7, 11) is -1.59. The van der Waals surface area contributed by atoms with Crippen molar-refractivity contribution in [3.8, 4) is 5.75 Å². The molecule has 0 aliphatic carbocycles. The SMILES string of the molecule is COc1ccc([C@@H](OS(=O)(=O)C(F)(F)F)c2ccc(CN(C(=O)OC(C)(C)C)C(=NC(=O)OC(C)(C)C)N3CN(C)C(=O)N(C)C3)cc2)cc1. The number of amides is 4. The Morgan fingerprint density at radius 2 is 1.34 bits per heavy atom. The molecule has 1 aliphatic rings. The minimum atomic E-state index is -6.03. The molecule has 1 aliphatic heterocycles. The van der Waals surface area contributed by atoms with Gasteiger partial charge in [-0.15, -0.1) is 4.99 Å². The molecule has 0 unspecified atom stereocenters. The second-order valence-corrected chi connectivity index (χ2v) is 14.9. The number of carbonyl (C=O) groups is 3. The third-order valence-corrected chi connectivity index (χ3v) is 7.70. The number of halogens is 3. The van der Waals surface area contributed by atoms with Gasteiger partial charge in [-0.05, 0) is 70.4 Å². The Bertz CT molecular complexity index is 1660. The lowest BCUT2D eigenvalue weighted by Crippen LogP contribution is -2.60. The van der Waals surface area contributed by atoms with Crippen LogP contribution < -0.4 is 4.74 Å². The number of aliphatic imine (C=N–C) groups is 1. The van der Waals surface area contributed by atoms with Crippen molar-refractivity contribution in [2.45, 2.75) is 70.9 Å². The number of alkyl halides is 3. The lowest BCUT2D eigenvalue weighted by atomic mass is 10.00. The van der Waals surface area contributed by atoms with E-state index in [4.69, 9.17) is 18.4 Å². The summed E-state index contributed by atoms with van der Waals surface area (Å²) in [4.78, 5) is 48.6. The van der Waals surface area contributed by atoms with Gasteiger partial charge in [-0.2, -0.15) is 21.6 Å². The number of guanidine groups is 1. The molecule has 0 radical (unpaired) electrons. The minimum Gasteiger partial charge on any atom is -0.497 e. The maximum Gasteiger partial charge on any atom is 0.523 e. The third-order valence-electron chi connectivity index (χ3n) is 6.69. The Balaban J connectivity index is 2.10. The van der Waals surface area contributed by atoms with Crippen LogP contribution in [0.4, 0.5) is 27.6 Å². The molecular weight excluding hydrogens is 687 g/mol. The van der Waals surface area contributed by atoms with Crippen LogP contribution in [0.5, 0.6) is 5.75 Å². The number of benzene rings is 2. The van der Waals surface area contributed by atoms with Crippen molar-refractivity contribution in [2.24, 2.45) is 4.99 Å². The van der Waals surface area contributed by atoms with Crippen molar-refractivity contribution < 1.29 is 54.4 Å². The van der Waals surface area contributed by atoms with Gasteiger partial charge >= 0.3 is 33.8 Å². The number of urea groups is 1. The summed E-state index contributed by atoms with van der Waals surface area (Å²) in [6.45, 7) is 9.39. The molecule has 14 nitrogen and oxygen atoms in total. The zero-order chi connectivity index (χ0) is 37.8. The predicted molar refractivity (Wildman–Crippen MR) is 175 cm³/mol. The quantitative estimate of drug-likeness (QED) is 0.146. The van der Waals surface area contributed by atoms with Gasteiger partial charge in [0.25, 0.3) is 0 Å². The molecule has 276 valence electrons. The summed E-state index contributed by atoms with van der Waals surface area (Å²) in [6.07, 6.45) is -3.64. The van der Waals surface area contributed by atoms with E-state index in [0.717, 1.165) is 4.90 Å². The maximum atomic E-state index is 13.8. The average molecular weight is 730 g/mol. The molecule has 0 spiro atoms. The average Bonchev–Trinajstić information content (AvgIpc) is 2.98. The molecule has 1 fully saturated rings. The van der Waals surface area contributed by atoms with Crippen LogP contribution in [0.1, 0.15) is 64.3 Å². The van der Waals surface area contributed by atoms with E-state index >= 15 is 0 Å². The highest BCUT2D eigenvalue weighted by Gasteiger charge is 2.49. The molecule has 4 amide bonds. The number of carbonyl (C=O) groups excluding carboxylic acids is 3.